The van der Waals surface area contributed by atoms with E-state index in [0.29, 0.717) is 0 Å². The van der Waals surface area contributed by atoms with Crippen LogP contribution >= 0.6 is 47.8 Å². The quantitative estimate of drug-likeness (QED) is 0.570. The molecule has 0 heterocycles. The van der Waals surface area contributed by atoms with Crippen molar-refractivity contribution in [2.24, 2.45) is 0 Å². The second-order valence-corrected chi connectivity index (χ2v) is 7.29. The Labute approximate surface area is 145 Å². The van der Waals surface area contributed by atoms with Crippen LogP contribution in [0.4, 0.5) is 0 Å². The number of rotatable bonds is 5. The largest absolute Gasteiger partial charge is 0.306 e. The number of benzene rings is 2. The molecule has 1 atom stereocenters. The third-order valence-electron chi connectivity index (χ3n) is 3.07. The lowest BCUT2D eigenvalue weighted by atomic mass is 9.98. The summed E-state index contributed by atoms with van der Waals surface area (Å²) in [5.41, 5.74) is 2.51. The molecule has 1 unspecified atom stereocenters. The van der Waals surface area contributed by atoms with Crippen LogP contribution in [0, 0.1) is 0 Å². The molecule has 0 saturated carbocycles. The Morgan fingerprint density at radius 2 is 1.60 bits per heavy atom. The number of hydrogen-bond acceptors (Lipinski definition) is 1. The zero-order valence-electron chi connectivity index (χ0n) is 11.2. The van der Waals surface area contributed by atoms with Crippen molar-refractivity contribution in [3.8, 4) is 0 Å². The van der Waals surface area contributed by atoms with E-state index in [1.54, 1.807) is 0 Å². The maximum absolute atomic E-state index is 3.66. The molecule has 2 aromatic rings. The third-order valence-corrected chi connectivity index (χ3v) is 4.81. The van der Waals surface area contributed by atoms with Crippen LogP contribution in [0.1, 0.15) is 30.5 Å². The van der Waals surface area contributed by atoms with Crippen molar-refractivity contribution in [2.75, 3.05) is 6.54 Å². The van der Waals surface area contributed by atoms with Crippen LogP contribution in [-0.4, -0.2) is 6.54 Å². The van der Waals surface area contributed by atoms with Gasteiger partial charge in [-0.25, -0.2) is 0 Å². The van der Waals surface area contributed by atoms with Gasteiger partial charge in [0.25, 0.3) is 0 Å². The smallest absolute Gasteiger partial charge is 0.0588 e. The van der Waals surface area contributed by atoms with Gasteiger partial charge in [0.15, 0.2) is 0 Å². The molecule has 0 aliphatic carbocycles. The summed E-state index contributed by atoms with van der Waals surface area (Å²) < 4.78 is 3.32. The number of halogens is 3. The molecule has 0 saturated heterocycles. The molecular formula is C16H16Br3N. The summed E-state index contributed by atoms with van der Waals surface area (Å²) in [5.74, 6) is 0. The molecule has 0 fully saturated rings. The van der Waals surface area contributed by atoms with Gasteiger partial charge in [0.1, 0.15) is 0 Å². The van der Waals surface area contributed by atoms with E-state index in [2.05, 4.69) is 96.4 Å². The summed E-state index contributed by atoms with van der Waals surface area (Å²) in [4.78, 5) is 0. The Morgan fingerprint density at radius 3 is 2.25 bits per heavy atom. The highest BCUT2D eigenvalue weighted by Gasteiger charge is 2.16. The van der Waals surface area contributed by atoms with Crippen molar-refractivity contribution in [1.29, 1.82) is 0 Å². The highest BCUT2D eigenvalue weighted by Crippen LogP contribution is 2.31. The average Bonchev–Trinajstić information content (AvgIpc) is 2.44. The molecule has 0 bridgehead atoms. The first-order chi connectivity index (χ1) is 9.61. The van der Waals surface area contributed by atoms with Gasteiger partial charge >= 0.3 is 0 Å². The molecule has 2 rings (SSSR count). The monoisotopic (exact) mass is 459 g/mol. The van der Waals surface area contributed by atoms with Crippen molar-refractivity contribution >= 4 is 47.8 Å². The first-order valence-electron chi connectivity index (χ1n) is 6.55. The number of hydrogen-bond donors (Lipinski definition) is 1. The fraction of sp³-hybridized carbons (Fsp3) is 0.250. The molecule has 1 N–H and O–H groups in total. The predicted molar refractivity (Wildman–Crippen MR) is 96.1 cm³/mol. The Hall–Kier alpha value is -0.160. The first kappa shape index (κ1) is 16.2. The van der Waals surface area contributed by atoms with Gasteiger partial charge in [0.05, 0.1) is 6.04 Å². The molecule has 2 aromatic carbocycles. The molecule has 20 heavy (non-hydrogen) atoms. The normalized spacial score (nSPS) is 12.4. The maximum atomic E-state index is 3.66. The third kappa shape index (κ3) is 4.17. The van der Waals surface area contributed by atoms with E-state index < -0.39 is 0 Å². The molecule has 0 amide bonds. The molecule has 1 nitrogen and oxygen atoms in total. The van der Waals surface area contributed by atoms with E-state index in [9.17, 15) is 0 Å². The topological polar surface area (TPSA) is 12.0 Å². The van der Waals surface area contributed by atoms with Gasteiger partial charge in [0, 0.05) is 13.4 Å². The second kappa shape index (κ2) is 7.74. The second-order valence-electron chi connectivity index (χ2n) is 4.60. The van der Waals surface area contributed by atoms with Crippen molar-refractivity contribution in [3.63, 3.8) is 0 Å². The van der Waals surface area contributed by atoms with E-state index in [-0.39, 0.29) is 6.04 Å². The van der Waals surface area contributed by atoms with E-state index >= 15 is 0 Å². The van der Waals surface area contributed by atoms with Gasteiger partial charge in [-0.1, -0.05) is 66.8 Å². The highest BCUT2D eigenvalue weighted by molar-refractivity contribution is 9.11. The van der Waals surface area contributed by atoms with Gasteiger partial charge in [-0.15, -0.1) is 0 Å². The van der Waals surface area contributed by atoms with Gasteiger partial charge in [-0.2, -0.15) is 0 Å². The van der Waals surface area contributed by atoms with Crippen LogP contribution in [0.25, 0.3) is 0 Å². The Bertz CT molecular complexity index is 566. The molecule has 4 heteroatoms. The summed E-state index contributed by atoms with van der Waals surface area (Å²) in [6, 6.07) is 15.0. The summed E-state index contributed by atoms with van der Waals surface area (Å²) in [6.45, 7) is 3.17. The molecule has 0 aliphatic heterocycles. The van der Waals surface area contributed by atoms with Gasteiger partial charge in [-0.05, 0) is 54.4 Å². The van der Waals surface area contributed by atoms with Gasteiger partial charge in [0.2, 0.25) is 0 Å². The Kier molecular flexibility index (Phi) is 6.27. The van der Waals surface area contributed by atoms with Crippen LogP contribution in [-0.2, 0) is 0 Å². The lowest BCUT2D eigenvalue weighted by Gasteiger charge is -2.21. The van der Waals surface area contributed by atoms with Crippen LogP contribution < -0.4 is 5.32 Å². The van der Waals surface area contributed by atoms with Crippen molar-refractivity contribution in [3.05, 3.63) is 67.0 Å². The Balaban J connectivity index is 2.41. The van der Waals surface area contributed by atoms with Crippen molar-refractivity contribution < 1.29 is 0 Å². The van der Waals surface area contributed by atoms with Gasteiger partial charge in [-0.3, -0.25) is 0 Å². The van der Waals surface area contributed by atoms with E-state index in [1.807, 2.05) is 6.07 Å². The lowest BCUT2D eigenvalue weighted by molar-refractivity contribution is 0.596. The van der Waals surface area contributed by atoms with Crippen LogP contribution in [0.15, 0.2) is 55.9 Å². The number of nitrogens with one attached hydrogen (secondary N) is 1. The van der Waals surface area contributed by atoms with E-state index in [1.165, 1.54) is 11.1 Å². The zero-order valence-corrected chi connectivity index (χ0v) is 15.9. The minimum absolute atomic E-state index is 0.190. The highest BCUT2D eigenvalue weighted by atomic mass is 79.9. The van der Waals surface area contributed by atoms with Crippen LogP contribution in [0.5, 0.6) is 0 Å². The van der Waals surface area contributed by atoms with Gasteiger partial charge < -0.3 is 5.32 Å². The first-order valence-corrected chi connectivity index (χ1v) is 8.93. The maximum Gasteiger partial charge on any atom is 0.0588 e. The van der Waals surface area contributed by atoms with Crippen LogP contribution in [0.2, 0.25) is 0 Å². The molecular weight excluding hydrogens is 446 g/mol. The zero-order chi connectivity index (χ0) is 14.5. The molecule has 0 aliphatic rings. The molecule has 0 radical (unpaired) electrons. The predicted octanol–water partition coefficient (Wildman–Crippen LogP) is 6.06. The molecule has 0 spiro atoms. The molecule has 0 aromatic heterocycles. The minimum Gasteiger partial charge on any atom is -0.306 e. The Morgan fingerprint density at radius 1 is 0.950 bits per heavy atom. The summed E-state index contributed by atoms with van der Waals surface area (Å²) in [5, 5.41) is 3.62. The molecule has 106 valence electrons. The van der Waals surface area contributed by atoms with E-state index in [4.69, 9.17) is 0 Å². The summed E-state index contributed by atoms with van der Waals surface area (Å²) in [7, 11) is 0. The summed E-state index contributed by atoms with van der Waals surface area (Å²) in [6.07, 6.45) is 1.11. The lowest BCUT2D eigenvalue weighted by Crippen LogP contribution is -2.23. The fourth-order valence-electron chi connectivity index (χ4n) is 2.09. The SMILES string of the molecule is CCCNC(c1ccc(Br)cc1)c1cc(Br)ccc1Br. The van der Waals surface area contributed by atoms with Crippen LogP contribution in [0.3, 0.4) is 0 Å². The standard InChI is InChI=1S/C16H16Br3N/c1-2-9-20-16(11-3-5-12(17)6-4-11)14-10-13(18)7-8-15(14)19/h3-8,10,16,20H,2,9H2,1H3. The fourth-order valence-corrected chi connectivity index (χ4v) is 3.21. The minimum atomic E-state index is 0.190. The average molecular weight is 462 g/mol. The van der Waals surface area contributed by atoms with Crippen molar-refractivity contribution in [2.45, 2.75) is 19.4 Å². The van der Waals surface area contributed by atoms with E-state index in [0.717, 1.165) is 26.4 Å². The summed E-state index contributed by atoms with van der Waals surface area (Å²) >= 11 is 10.7. The van der Waals surface area contributed by atoms with Crippen molar-refractivity contribution in [1.82, 2.24) is 5.32 Å².